The van der Waals surface area contributed by atoms with Gasteiger partial charge in [0.2, 0.25) is 0 Å². The van der Waals surface area contributed by atoms with Crippen LogP contribution in [0.2, 0.25) is 4.34 Å². The molecule has 0 aliphatic carbocycles. The van der Waals surface area contributed by atoms with Crippen molar-refractivity contribution in [2.24, 2.45) is 0 Å². The molecule has 1 fully saturated rings. The lowest BCUT2D eigenvalue weighted by Gasteiger charge is -2.35. The first-order chi connectivity index (χ1) is 10.1. The summed E-state index contributed by atoms with van der Waals surface area (Å²) in [7, 11) is 0. The Labute approximate surface area is 145 Å². The topological polar surface area (TPSA) is 15.3 Å². The van der Waals surface area contributed by atoms with Crippen molar-refractivity contribution in [1.82, 2.24) is 10.2 Å². The zero-order valence-electron chi connectivity index (χ0n) is 12.3. The van der Waals surface area contributed by atoms with Gasteiger partial charge in [-0.25, -0.2) is 4.39 Å². The van der Waals surface area contributed by atoms with Crippen LogP contribution >= 0.6 is 35.3 Å². The van der Waals surface area contributed by atoms with Gasteiger partial charge in [-0.3, -0.25) is 4.90 Å². The maximum atomic E-state index is 13.7. The molecule has 1 aromatic heterocycles. The Balaban J connectivity index is 0.00000176. The van der Waals surface area contributed by atoms with Crippen molar-refractivity contribution in [2.75, 3.05) is 26.2 Å². The molecular formula is C16H19Cl2FN2S. The van der Waals surface area contributed by atoms with Crippen LogP contribution in [-0.2, 0) is 0 Å². The highest BCUT2D eigenvalue weighted by atomic mass is 35.5. The second-order valence-corrected chi connectivity index (χ2v) is 7.08. The monoisotopic (exact) mass is 360 g/mol. The van der Waals surface area contributed by atoms with Crippen molar-refractivity contribution in [3.8, 4) is 0 Å². The summed E-state index contributed by atoms with van der Waals surface area (Å²) in [5.41, 5.74) is 2.15. The second kappa shape index (κ2) is 7.75. The molecule has 1 aliphatic heterocycles. The minimum Gasteiger partial charge on any atom is -0.314 e. The molecule has 1 aliphatic rings. The number of hydrogen-bond donors (Lipinski definition) is 1. The van der Waals surface area contributed by atoms with Crippen LogP contribution in [0.5, 0.6) is 0 Å². The molecule has 0 bridgehead atoms. The Morgan fingerprint density at radius 2 is 1.95 bits per heavy atom. The van der Waals surface area contributed by atoms with Crippen molar-refractivity contribution in [2.45, 2.75) is 13.0 Å². The number of rotatable bonds is 3. The third kappa shape index (κ3) is 3.81. The largest absolute Gasteiger partial charge is 0.314 e. The number of halogens is 3. The predicted molar refractivity (Wildman–Crippen MR) is 94.0 cm³/mol. The van der Waals surface area contributed by atoms with E-state index in [4.69, 9.17) is 11.6 Å². The van der Waals surface area contributed by atoms with Crippen LogP contribution in [0.25, 0.3) is 0 Å². The van der Waals surface area contributed by atoms with Crippen molar-refractivity contribution in [3.05, 3.63) is 56.5 Å². The van der Waals surface area contributed by atoms with Gasteiger partial charge in [0.15, 0.2) is 0 Å². The summed E-state index contributed by atoms with van der Waals surface area (Å²) in [4.78, 5) is 3.58. The van der Waals surface area contributed by atoms with Crippen LogP contribution in [-0.4, -0.2) is 31.1 Å². The van der Waals surface area contributed by atoms with E-state index >= 15 is 0 Å². The molecule has 22 heavy (non-hydrogen) atoms. The molecule has 120 valence electrons. The van der Waals surface area contributed by atoms with Crippen LogP contribution in [0.4, 0.5) is 4.39 Å². The van der Waals surface area contributed by atoms with Gasteiger partial charge in [0.25, 0.3) is 0 Å². The molecule has 2 aromatic rings. The Morgan fingerprint density at radius 1 is 1.23 bits per heavy atom. The highest BCUT2D eigenvalue weighted by Gasteiger charge is 2.26. The average Bonchev–Trinajstić information content (AvgIpc) is 2.90. The molecular weight excluding hydrogens is 342 g/mol. The summed E-state index contributed by atoms with van der Waals surface area (Å²) >= 11 is 7.70. The SMILES string of the molecule is Cc1ccc(F)cc1[C@H](c1ccc(Cl)s1)N1CCNCC1.Cl. The third-order valence-corrected chi connectivity index (χ3v) is 5.20. The van der Waals surface area contributed by atoms with Crippen molar-refractivity contribution < 1.29 is 4.39 Å². The number of piperazine rings is 1. The molecule has 2 heterocycles. The Bertz CT molecular complexity index is 626. The summed E-state index contributed by atoms with van der Waals surface area (Å²) < 4.78 is 14.5. The quantitative estimate of drug-likeness (QED) is 0.879. The highest BCUT2D eigenvalue weighted by molar-refractivity contribution is 7.16. The van der Waals surface area contributed by atoms with Crippen LogP contribution in [0, 0.1) is 12.7 Å². The van der Waals surface area contributed by atoms with E-state index in [0.29, 0.717) is 0 Å². The lowest BCUT2D eigenvalue weighted by atomic mass is 9.98. The fourth-order valence-corrected chi connectivity index (χ4v) is 4.07. The summed E-state index contributed by atoms with van der Waals surface area (Å²) in [6.45, 7) is 5.87. The van der Waals surface area contributed by atoms with Crippen LogP contribution in [0.1, 0.15) is 22.0 Å². The van der Waals surface area contributed by atoms with E-state index in [1.165, 1.54) is 10.9 Å². The molecule has 0 amide bonds. The standard InChI is InChI=1S/C16H18ClFN2S.ClH/c1-11-2-3-12(18)10-13(11)16(14-4-5-15(17)21-14)20-8-6-19-7-9-20;/h2-5,10,16,19H,6-9H2,1H3;1H/t16-;/m1./s1. The van der Waals surface area contributed by atoms with Gasteiger partial charge >= 0.3 is 0 Å². The Morgan fingerprint density at radius 3 is 2.59 bits per heavy atom. The van der Waals surface area contributed by atoms with Gasteiger partial charge in [-0.1, -0.05) is 17.7 Å². The molecule has 1 N–H and O–H groups in total. The molecule has 1 atom stereocenters. The number of thiophene rings is 1. The fourth-order valence-electron chi connectivity index (χ4n) is 2.85. The van der Waals surface area contributed by atoms with Gasteiger partial charge in [-0.15, -0.1) is 23.7 Å². The van der Waals surface area contributed by atoms with E-state index < -0.39 is 0 Å². The lowest BCUT2D eigenvalue weighted by molar-refractivity contribution is 0.200. The van der Waals surface area contributed by atoms with Gasteiger partial charge in [0.05, 0.1) is 10.4 Å². The first-order valence-corrected chi connectivity index (χ1v) is 8.30. The van der Waals surface area contributed by atoms with E-state index in [-0.39, 0.29) is 24.3 Å². The number of aryl methyl sites for hydroxylation is 1. The van der Waals surface area contributed by atoms with E-state index in [0.717, 1.165) is 41.6 Å². The van der Waals surface area contributed by atoms with Crippen molar-refractivity contribution in [3.63, 3.8) is 0 Å². The molecule has 0 saturated carbocycles. The van der Waals surface area contributed by atoms with Crippen LogP contribution in [0.3, 0.4) is 0 Å². The van der Waals surface area contributed by atoms with Gasteiger partial charge in [-0.05, 0) is 42.3 Å². The molecule has 1 saturated heterocycles. The summed E-state index contributed by atoms with van der Waals surface area (Å²) in [6.07, 6.45) is 0. The molecule has 1 aromatic carbocycles. The Kier molecular flexibility index (Phi) is 6.24. The highest BCUT2D eigenvalue weighted by Crippen LogP contribution is 2.36. The van der Waals surface area contributed by atoms with Gasteiger partial charge in [0.1, 0.15) is 5.82 Å². The number of nitrogens with zero attached hydrogens (tertiary/aromatic N) is 1. The average molecular weight is 361 g/mol. The first-order valence-electron chi connectivity index (χ1n) is 7.11. The van der Waals surface area contributed by atoms with E-state index in [1.54, 1.807) is 17.4 Å². The number of benzene rings is 1. The molecule has 6 heteroatoms. The lowest BCUT2D eigenvalue weighted by Crippen LogP contribution is -2.45. The predicted octanol–water partition coefficient (Wildman–Crippen LogP) is 4.27. The van der Waals surface area contributed by atoms with E-state index in [9.17, 15) is 4.39 Å². The Hall–Kier alpha value is -0.650. The van der Waals surface area contributed by atoms with E-state index in [1.807, 2.05) is 19.1 Å². The van der Waals surface area contributed by atoms with Crippen LogP contribution in [0.15, 0.2) is 30.3 Å². The third-order valence-electron chi connectivity index (χ3n) is 3.92. The molecule has 0 spiro atoms. The van der Waals surface area contributed by atoms with Crippen LogP contribution < -0.4 is 5.32 Å². The normalized spacial score (nSPS) is 17.0. The minimum absolute atomic E-state index is 0. The zero-order chi connectivity index (χ0) is 14.8. The van der Waals surface area contributed by atoms with Crippen molar-refractivity contribution >= 4 is 35.3 Å². The molecule has 0 radical (unpaired) electrons. The van der Waals surface area contributed by atoms with E-state index in [2.05, 4.69) is 16.3 Å². The fraction of sp³-hybridized carbons (Fsp3) is 0.375. The number of hydrogen-bond acceptors (Lipinski definition) is 3. The molecule has 0 unspecified atom stereocenters. The second-order valence-electron chi connectivity index (χ2n) is 5.33. The van der Waals surface area contributed by atoms with Gasteiger partial charge in [0, 0.05) is 31.1 Å². The first kappa shape index (κ1) is 17.7. The maximum absolute atomic E-state index is 13.7. The van der Waals surface area contributed by atoms with Gasteiger partial charge < -0.3 is 5.32 Å². The maximum Gasteiger partial charge on any atom is 0.123 e. The zero-order valence-corrected chi connectivity index (χ0v) is 14.7. The summed E-state index contributed by atoms with van der Waals surface area (Å²) in [6, 6.07) is 9.11. The molecule has 2 nitrogen and oxygen atoms in total. The van der Waals surface area contributed by atoms with Gasteiger partial charge in [-0.2, -0.15) is 0 Å². The smallest absolute Gasteiger partial charge is 0.123 e. The minimum atomic E-state index is -0.182. The summed E-state index contributed by atoms with van der Waals surface area (Å²) in [5, 5.41) is 3.37. The molecule has 3 rings (SSSR count). The summed E-state index contributed by atoms with van der Waals surface area (Å²) in [5.74, 6) is -0.182. The van der Waals surface area contributed by atoms with Crippen molar-refractivity contribution in [1.29, 1.82) is 0 Å². The number of nitrogens with one attached hydrogen (secondary N) is 1.